The maximum atomic E-state index is 11.7. The molecule has 118 valence electrons. The molecule has 0 bridgehead atoms. The van der Waals surface area contributed by atoms with Crippen molar-refractivity contribution in [2.75, 3.05) is 32.0 Å². The molecule has 0 spiro atoms. The third kappa shape index (κ3) is 4.34. The lowest BCUT2D eigenvalue weighted by Gasteiger charge is -2.16. The highest BCUT2D eigenvalue weighted by Gasteiger charge is 2.36. The lowest BCUT2D eigenvalue weighted by molar-refractivity contribution is -0.0577. The summed E-state index contributed by atoms with van der Waals surface area (Å²) in [4.78, 5) is 18.9. The molecule has 1 saturated heterocycles. The van der Waals surface area contributed by atoms with Gasteiger partial charge in [0.2, 0.25) is 5.95 Å². The van der Waals surface area contributed by atoms with E-state index < -0.39 is 31.3 Å². The number of nitrogens with two attached hydrogens (primary N) is 1. The zero-order valence-electron chi connectivity index (χ0n) is 11.9. The molecule has 1 fully saturated rings. The number of rotatable bonds is 5. The van der Waals surface area contributed by atoms with Crippen LogP contribution in [0.2, 0.25) is 0 Å². The van der Waals surface area contributed by atoms with Gasteiger partial charge in [-0.2, -0.15) is 4.98 Å². The summed E-state index contributed by atoms with van der Waals surface area (Å²) in [6, 6.07) is 0. The summed E-state index contributed by atoms with van der Waals surface area (Å²) >= 11 is 0. The number of aliphatic hydroxyl groups is 1. The predicted octanol–water partition coefficient (Wildman–Crippen LogP) is -0.534. The van der Waals surface area contributed by atoms with Gasteiger partial charge >= 0.3 is 5.69 Å². The summed E-state index contributed by atoms with van der Waals surface area (Å²) in [7, 11) is -2.28. The normalized spacial score (nSPS) is 26.1. The van der Waals surface area contributed by atoms with Crippen molar-refractivity contribution in [3.8, 4) is 0 Å². The fourth-order valence-electron chi connectivity index (χ4n) is 1.98. The molecule has 0 radical (unpaired) electrons. The minimum Gasteiger partial charge on any atom is -0.390 e. The topological polar surface area (TPSA) is 130 Å². The molecule has 1 aromatic heterocycles. The van der Waals surface area contributed by atoms with Gasteiger partial charge in [-0.25, -0.2) is 9.78 Å². The first-order chi connectivity index (χ1) is 9.76. The van der Waals surface area contributed by atoms with Crippen LogP contribution >= 0.6 is 7.14 Å². The molecule has 0 aromatic carbocycles. The average molecular weight is 318 g/mol. The maximum absolute atomic E-state index is 11.7. The van der Waals surface area contributed by atoms with Crippen LogP contribution in [0, 0.1) is 0 Å². The highest BCUT2D eigenvalue weighted by molar-refractivity contribution is 7.62. The van der Waals surface area contributed by atoms with Crippen molar-refractivity contribution in [3.05, 3.63) is 16.8 Å². The molecule has 3 N–H and O–H groups in total. The monoisotopic (exact) mass is 318 g/mol. The van der Waals surface area contributed by atoms with Crippen LogP contribution in [0.1, 0.15) is 12.6 Å². The van der Waals surface area contributed by atoms with E-state index in [9.17, 15) is 14.5 Å². The minimum atomic E-state index is -2.28. The van der Waals surface area contributed by atoms with E-state index in [0.29, 0.717) is 0 Å². The summed E-state index contributed by atoms with van der Waals surface area (Å²) in [6.07, 6.45) is -0.473. The van der Waals surface area contributed by atoms with Crippen LogP contribution in [0.5, 0.6) is 0 Å². The van der Waals surface area contributed by atoms with Crippen LogP contribution in [0.25, 0.3) is 0 Å². The quantitative estimate of drug-likeness (QED) is 0.693. The van der Waals surface area contributed by atoms with Crippen molar-refractivity contribution >= 4 is 13.1 Å². The molecule has 9 nitrogen and oxygen atoms in total. The van der Waals surface area contributed by atoms with Gasteiger partial charge in [-0.05, 0) is 13.3 Å². The molecule has 0 unspecified atom stereocenters. The third-order valence-electron chi connectivity index (χ3n) is 2.94. The molecular formula is C11H19N4O5P. The highest BCUT2D eigenvalue weighted by atomic mass is 31.2. The number of nitrogen functional groups attached to an aromatic ring is 1. The van der Waals surface area contributed by atoms with E-state index in [4.69, 9.17) is 15.2 Å². The van der Waals surface area contributed by atoms with E-state index in [-0.39, 0.29) is 25.3 Å². The Morgan fingerprint density at radius 3 is 2.95 bits per heavy atom. The summed E-state index contributed by atoms with van der Waals surface area (Å²) in [5.41, 5.74) is 4.73. The Kier molecular flexibility index (Phi) is 4.77. The van der Waals surface area contributed by atoms with Gasteiger partial charge in [-0.1, -0.05) is 0 Å². The van der Waals surface area contributed by atoms with Crippen LogP contribution in [0.15, 0.2) is 11.1 Å². The lowest BCUT2D eigenvalue weighted by Crippen LogP contribution is -2.29. The van der Waals surface area contributed by atoms with Crippen molar-refractivity contribution in [2.24, 2.45) is 0 Å². The lowest BCUT2D eigenvalue weighted by atomic mass is 10.2. The molecule has 0 saturated carbocycles. The molecule has 3 atom stereocenters. The Morgan fingerprint density at radius 1 is 1.62 bits per heavy atom. The number of hydrogen-bond donors (Lipinski definition) is 2. The van der Waals surface area contributed by atoms with Crippen LogP contribution < -0.4 is 11.4 Å². The molecule has 2 rings (SSSR count). The molecule has 1 aromatic rings. The fraction of sp³-hybridized carbons (Fsp3) is 0.727. The van der Waals surface area contributed by atoms with Crippen LogP contribution in [-0.2, 0) is 14.0 Å². The largest absolute Gasteiger partial charge is 0.390 e. The number of aromatic nitrogens is 3. The second-order valence-electron chi connectivity index (χ2n) is 5.41. The summed E-state index contributed by atoms with van der Waals surface area (Å²) < 4.78 is 23.6. The molecule has 1 aliphatic rings. The van der Waals surface area contributed by atoms with Crippen molar-refractivity contribution in [3.63, 3.8) is 0 Å². The van der Waals surface area contributed by atoms with Crippen molar-refractivity contribution in [1.29, 1.82) is 0 Å². The number of ether oxygens (including phenoxy) is 2. The SMILES string of the molecule is CP(C)(=O)COC[C@H]1O[C@@H](n2cnc(N)nc2=O)C[C@@H]1O. The molecule has 10 heteroatoms. The zero-order chi connectivity index (χ0) is 15.6. The predicted molar refractivity (Wildman–Crippen MR) is 75.5 cm³/mol. The molecule has 0 aliphatic carbocycles. The highest BCUT2D eigenvalue weighted by Crippen LogP contribution is 2.36. The molecule has 2 heterocycles. The number of anilines is 1. The van der Waals surface area contributed by atoms with Crippen LogP contribution in [0.4, 0.5) is 5.95 Å². The van der Waals surface area contributed by atoms with E-state index in [0.717, 1.165) is 0 Å². The van der Waals surface area contributed by atoms with E-state index in [1.54, 1.807) is 13.3 Å². The van der Waals surface area contributed by atoms with Gasteiger partial charge in [0, 0.05) is 6.42 Å². The average Bonchev–Trinajstić information content (AvgIpc) is 2.69. The molecule has 21 heavy (non-hydrogen) atoms. The first-order valence-electron chi connectivity index (χ1n) is 6.42. The Labute approximate surface area is 121 Å². The van der Waals surface area contributed by atoms with Crippen molar-refractivity contribution < 1.29 is 19.1 Å². The van der Waals surface area contributed by atoms with Crippen LogP contribution in [-0.4, -0.2) is 58.1 Å². The van der Waals surface area contributed by atoms with Crippen molar-refractivity contribution in [1.82, 2.24) is 14.5 Å². The van der Waals surface area contributed by atoms with Crippen molar-refractivity contribution in [2.45, 2.75) is 24.9 Å². The summed E-state index contributed by atoms with van der Waals surface area (Å²) in [5.74, 6) is -0.115. The van der Waals surface area contributed by atoms with Gasteiger partial charge in [0.25, 0.3) is 0 Å². The molecular weight excluding hydrogens is 299 g/mol. The summed E-state index contributed by atoms with van der Waals surface area (Å²) in [5, 5.41) is 9.94. The molecule has 0 amide bonds. The number of aliphatic hydroxyl groups excluding tert-OH is 1. The van der Waals surface area contributed by atoms with Gasteiger partial charge in [-0.15, -0.1) is 0 Å². The Bertz CT molecular complexity index is 601. The third-order valence-corrected chi connectivity index (χ3v) is 3.75. The van der Waals surface area contributed by atoms with Gasteiger partial charge < -0.3 is 24.9 Å². The van der Waals surface area contributed by atoms with E-state index in [1.165, 1.54) is 10.9 Å². The van der Waals surface area contributed by atoms with E-state index in [2.05, 4.69) is 9.97 Å². The first kappa shape index (κ1) is 16.1. The van der Waals surface area contributed by atoms with Crippen LogP contribution in [0.3, 0.4) is 0 Å². The zero-order valence-corrected chi connectivity index (χ0v) is 12.8. The molecule has 1 aliphatic heterocycles. The Balaban J connectivity index is 1.97. The van der Waals surface area contributed by atoms with Gasteiger partial charge in [-0.3, -0.25) is 4.57 Å². The minimum absolute atomic E-state index is 0.105. The number of nitrogens with zero attached hydrogens (tertiary/aromatic N) is 3. The van der Waals surface area contributed by atoms with Gasteiger partial charge in [0.05, 0.1) is 19.1 Å². The van der Waals surface area contributed by atoms with Gasteiger partial charge in [0.15, 0.2) is 0 Å². The standard InChI is InChI=1S/C11H19N4O5P/c1-21(2,18)6-19-4-8-7(16)3-9(20-8)15-5-13-10(12)14-11(15)17/h5,7-9,16H,3-4,6H2,1-2H3,(H2,12,14,17)/t7-,8+,9+/m0/s1. The second kappa shape index (κ2) is 6.23. The smallest absolute Gasteiger partial charge is 0.354 e. The van der Waals surface area contributed by atoms with E-state index >= 15 is 0 Å². The maximum Gasteiger partial charge on any atom is 0.354 e. The second-order valence-corrected chi connectivity index (χ2v) is 8.82. The number of hydrogen-bond acceptors (Lipinski definition) is 8. The van der Waals surface area contributed by atoms with Gasteiger partial charge in [0.1, 0.15) is 25.8 Å². The Morgan fingerprint density at radius 2 is 2.33 bits per heavy atom. The summed E-state index contributed by atoms with van der Waals surface area (Å²) in [6.45, 7) is 3.34. The first-order valence-corrected chi connectivity index (χ1v) is 9.21. The fourth-order valence-corrected chi connectivity index (χ4v) is 2.52. The van der Waals surface area contributed by atoms with E-state index in [1.807, 2.05) is 0 Å². The Hall–Kier alpha value is -1.28.